The number of nitrogens with one attached hydrogen (secondary N) is 1. The molecule has 0 aromatic carbocycles. The van der Waals surface area contributed by atoms with Gasteiger partial charge in [0.25, 0.3) is 5.91 Å². The Morgan fingerprint density at radius 1 is 1.06 bits per heavy atom. The van der Waals surface area contributed by atoms with E-state index in [0.29, 0.717) is 24.2 Å². The lowest BCUT2D eigenvalue weighted by Gasteiger charge is -2.59. The molecule has 36 heavy (non-hydrogen) atoms. The zero-order valence-electron chi connectivity index (χ0n) is 24.7. The molecule has 4 heteroatoms. The van der Waals surface area contributed by atoms with E-state index in [0.717, 1.165) is 42.4 Å². The van der Waals surface area contributed by atoms with E-state index in [-0.39, 0.29) is 17.5 Å². The van der Waals surface area contributed by atoms with Crippen LogP contribution < -0.4 is 5.32 Å². The fraction of sp³-hybridized carbons (Fsp3) is 0.906. The molecule has 0 aromatic rings. The highest BCUT2D eigenvalue weighted by atomic mass is 16.3. The molecule has 0 saturated heterocycles. The number of fused-ring (bicyclic) bond motifs is 5. The predicted molar refractivity (Wildman–Crippen MR) is 149 cm³/mol. The standard InChI is InChI=1S/C32H56N2O2/c1-21(2)10-9-11-22(3)26-14-15-27-25-13-12-24-20-32(36,29(35)33-23(4)34(7)8)19-18-30(24,5)28(25)16-17-31(26,27)6/h12,21-23,25-28,36H,9-11,13-20H2,1-8H3,(H,33,35)/t22-,23?,25+,26-,27+,28+,30+,31-,32+/m1/s1. The first-order valence-electron chi connectivity index (χ1n) is 15.2. The van der Waals surface area contributed by atoms with Crippen molar-refractivity contribution in [1.29, 1.82) is 0 Å². The van der Waals surface area contributed by atoms with Crippen LogP contribution in [0.25, 0.3) is 0 Å². The van der Waals surface area contributed by atoms with Crippen LogP contribution in [-0.4, -0.2) is 41.8 Å². The van der Waals surface area contributed by atoms with Crippen LogP contribution in [0.2, 0.25) is 0 Å². The van der Waals surface area contributed by atoms with Gasteiger partial charge in [0.1, 0.15) is 5.60 Å². The maximum absolute atomic E-state index is 13.1. The van der Waals surface area contributed by atoms with E-state index in [9.17, 15) is 9.90 Å². The van der Waals surface area contributed by atoms with Crippen molar-refractivity contribution >= 4 is 5.91 Å². The Kier molecular flexibility index (Phi) is 8.10. The Morgan fingerprint density at radius 2 is 1.78 bits per heavy atom. The highest BCUT2D eigenvalue weighted by molar-refractivity contribution is 5.85. The van der Waals surface area contributed by atoms with Crippen LogP contribution in [0, 0.1) is 46.3 Å². The molecule has 1 unspecified atom stereocenters. The molecule has 1 amide bonds. The molecule has 0 aromatic heterocycles. The quantitative estimate of drug-likeness (QED) is 0.285. The number of nitrogens with zero attached hydrogens (tertiary/aromatic N) is 1. The number of amides is 1. The van der Waals surface area contributed by atoms with Gasteiger partial charge in [0.15, 0.2) is 0 Å². The van der Waals surface area contributed by atoms with Gasteiger partial charge in [-0.2, -0.15) is 0 Å². The van der Waals surface area contributed by atoms with Gasteiger partial charge < -0.3 is 10.4 Å². The van der Waals surface area contributed by atoms with Crippen LogP contribution >= 0.6 is 0 Å². The van der Waals surface area contributed by atoms with Crippen molar-refractivity contribution in [3.05, 3.63) is 11.6 Å². The summed E-state index contributed by atoms with van der Waals surface area (Å²) in [7, 11) is 3.90. The first-order valence-corrected chi connectivity index (χ1v) is 15.2. The summed E-state index contributed by atoms with van der Waals surface area (Å²) in [6.45, 7) is 14.4. The summed E-state index contributed by atoms with van der Waals surface area (Å²) in [5, 5.41) is 14.5. The van der Waals surface area contributed by atoms with E-state index in [2.05, 4.69) is 46.0 Å². The van der Waals surface area contributed by atoms with Crippen LogP contribution in [0.1, 0.15) is 112 Å². The van der Waals surface area contributed by atoms with E-state index in [4.69, 9.17) is 0 Å². The van der Waals surface area contributed by atoms with Crippen LogP contribution in [0.4, 0.5) is 0 Å². The zero-order valence-corrected chi connectivity index (χ0v) is 24.7. The highest BCUT2D eigenvalue weighted by Gasteiger charge is 2.60. The Balaban J connectivity index is 1.47. The topological polar surface area (TPSA) is 52.6 Å². The molecule has 9 atom stereocenters. The van der Waals surface area contributed by atoms with Gasteiger partial charge in [0.05, 0.1) is 6.17 Å². The third-order valence-electron chi connectivity index (χ3n) is 11.9. The summed E-state index contributed by atoms with van der Waals surface area (Å²) < 4.78 is 0. The van der Waals surface area contributed by atoms with Crippen molar-refractivity contribution < 1.29 is 9.90 Å². The fourth-order valence-electron chi connectivity index (χ4n) is 9.32. The lowest BCUT2D eigenvalue weighted by atomic mass is 9.46. The lowest BCUT2D eigenvalue weighted by molar-refractivity contribution is -0.147. The number of allylic oxidation sites excluding steroid dienone is 1. The lowest BCUT2D eigenvalue weighted by Crippen LogP contribution is -2.58. The van der Waals surface area contributed by atoms with Crippen LogP contribution in [-0.2, 0) is 4.79 Å². The minimum Gasteiger partial charge on any atom is -0.380 e. The Hall–Kier alpha value is -0.870. The van der Waals surface area contributed by atoms with E-state index in [1.165, 1.54) is 50.5 Å². The summed E-state index contributed by atoms with van der Waals surface area (Å²) in [4.78, 5) is 15.1. The Labute approximate surface area is 222 Å². The fourth-order valence-corrected chi connectivity index (χ4v) is 9.32. The molecule has 0 bridgehead atoms. The summed E-state index contributed by atoms with van der Waals surface area (Å²) >= 11 is 0. The second-order valence-electron chi connectivity index (χ2n) is 14.6. The van der Waals surface area contributed by atoms with Crippen molar-refractivity contribution in [2.24, 2.45) is 46.3 Å². The third-order valence-corrected chi connectivity index (χ3v) is 11.9. The molecule has 4 rings (SSSR count). The van der Waals surface area contributed by atoms with Crippen LogP contribution in [0.3, 0.4) is 0 Å². The molecular formula is C32H56N2O2. The molecule has 4 nitrogen and oxygen atoms in total. The van der Waals surface area contributed by atoms with Gasteiger partial charge >= 0.3 is 0 Å². The number of carbonyl (C=O) groups excluding carboxylic acids is 1. The van der Waals surface area contributed by atoms with Crippen molar-refractivity contribution in [2.45, 2.75) is 124 Å². The molecule has 4 aliphatic carbocycles. The predicted octanol–water partition coefficient (Wildman–Crippen LogP) is 6.78. The monoisotopic (exact) mass is 500 g/mol. The van der Waals surface area contributed by atoms with Gasteiger partial charge in [-0.1, -0.05) is 65.5 Å². The molecule has 206 valence electrons. The molecule has 0 heterocycles. The van der Waals surface area contributed by atoms with Crippen molar-refractivity contribution in [1.82, 2.24) is 10.2 Å². The summed E-state index contributed by atoms with van der Waals surface area (Å²) in [6.07, 6.45) is 15.2. The zero-order chi connectivity index (χ0) is 26.5. The smallest absolute Gasteiger partial charge is 0.253 e. The van der Waals surface area contributed by atoms with E-state index >= 15 is 0 Å². The van der Waals surface area contributed by atoms with E-state index < -0.39 is 5.60 Å². The maximum atomic E-state index is 13.1. The van der Waals surface area contributed by atoms with Crippen LogP contribution in [0.15, 0.2) is 11.6 Å². The number of aliphatic hydroxyl groups is 1. The molecule has 0 radical (unpaired) electrons. The molecule has 2 N–H and O–H groups in total. The van der Waals surface area contributed by atoms with Gasteiger partial charge in [0.2, 0.25) is 0 Å². The molecule has 0 aliphatic heterocycles. The number of hydrogen-bond donors (Lipinski definition) is 2. The highest BCUT2D eigenvalue weighted by Crippen LogP contribution is 2.67. The number of rotatable bonds is 8. The minimum absolute atomic E-state index is 0.0846. The first-order chi connectivity index (χ1) is 16.8. The molecule has 3 saturated carbocycles. The Morgan fingerprint density at radius 3 is 2.44 bits per heavy atom. The second-order valence-corrected chi connectivity index (χ2v) is 14.6. The molecule has 3 fully saturated rings. The van der Waals surface area contributed by atoms with Crippen molar-refractivity contribution in [3.8, 4) is 0 Å². The van der Waals surface area contributed by atoms with E-state index in [1.54, 1.807) is 0 Å². The van der Waals surface area contributed by atoms with Gasteiger partial charge in [-0.15, -0.1) is 0 Å². The van der Waals surface area contributed by atoms with Crippen molar-refractivity contribution in [2.75, 3.05) is 14.1 Å². The Bertz CT molecular complexity index is 836. The molecule has 0 spiro atoms. The largest absolute Gasteiger partial charge is 0.380 e. The summed E-state index contributed by atoms with van der Waals surface area (Å²) in [5.74, 6) is 4.67. The van der Waals surface area contributed by atoms with Gasteiger partial charge in [-0.05, 0) is 112 Å². The van der Waals surface area contributed by atoms with Crippen LogP contribution in [0.5, 0.6) is 0 Å². The summed E-state index contributed by atoms with van der Waals surface area (Å²) in [5.41, 5.74) is 0.739. The van der Waals surface area contributed by atoms with Gasteiger partial charge in [-0.3, -0.25) is 9.69 Å². The second kappa shape index (κ2) is 10.4. The van der Waals surface area contributed by atoms with E-state index in [1.807, 2.05) is 25.9 Å². The average Bonchev–Trinajstić information content (AvgIpc) is 3.16. The number of carbonyl (C=O) groups is 1. The minimum atomic E-state index is -1.27. The summed E-state index contributed by atoms with van der Waals surface area (Å²) in [6, 6.07) is 0. The van der Waals surface area contributed by atoms with Gasteiger partial charge in [-0.25, -0.2) is 0 Å². The first kappa shape index (κ1) is 28.1. The van der Waals surface area contributed by atoms with Crippen molar-refractivity contribution in [3.63, 3.8) is 0 Å². The van der Waals surface area contributed by atoms with Gasteiger partial charge in [0, 0.05) is 6.42 Å². The maximum Gasteiger partial charge on any atom is 0.253 e. The third kappa shape index (κ3) is 4.95. The molecular weight excluding hydrogens is 444 g/mol. The number of hydrogen-bond acceptors (Lipinski definition) is 3. The average molecular weight is 501 g/mol. The molecule has 4 aliphatic rings. The SMILES string of the molecule is CC(C)CCC[C@@H](C)[C@H]1CC[C@H]2[C@@H]3CC=C4C[C@](O)(C(=O)NC(C)N(C)C)CC[C@]4(C)[C@H]3CC[C@]12C. The normalized spacial score (nSPS) is 41.8.